The van der Waals surface area contributed by atoms with Gasteiger partial charge in [-0.05, 0) is 59.3 Å². The highest BCUT2D eigenvalue weighted by molar-refractivity contribution is 5.68. The Morgan fingerprint density at radius 3 is 2.79 bits per heavy atom. The summed E-state index contributed by atoms with van der Waals surface area (Å²) in [7, 11) is 0. The first-order valence-electron chi connectivity index (χ1n) is 8.73. The average molecular weight is 335 g/mol. The number of nitrogens with zero attached hydrogens (tertiary/aromatic N) is 3. The Bertz CT molecular complexity index is 543. The van der Waals surface area contributed by atoms with Crippen molar-refractivity contribution in [1.82, 2.24) is 14.9 Å². The minimum atomic E-state index is -0.438. The average Bonchev–Trinajstić information content (AvgIpc) is 2.52. The second kappa shape index (κ2) is 8.31. The fourth-order valence-corrected chi connectivity index (χ4v) is 2.87. The Hall–Kier alpha value is -1.85. The van der Waals surface area contributed by atoms with Crippen molar-refractivity contribution < 1.29 is 14.3 Å². The molecule has 6 heteroatoms. The van der Waals surface area contributed by atoms with Crippen LogP contribution >= 0.6 is 0 Å². The first-order chi connectivity index (χ1) is 11.3. The molecule has 0 N–H and O–H groups in total. The third kappa shape index (κ3) is 5.98. The van der Waals surface area contributed by atoms with Crippen LogP contribution in [0, 0.1) is 12.8 Å². The maximum Gasteiger partial charge on any atom is 0.410 e. The summed E-state index contributed by atoms with van der Waals surface area (Å²) in [5.41, 5.74) is 0.373. The molecule has 0 radical (unpaired) electrons. The molecular weight excluding hydrogens is 306 g/mol. The number of hydrogen-bond donors (Lipinski definition) is 0. The predicted molar refractivity (Wildman–Crippen MR) is 92.0 cm³/mol. The van der Waals surface area contributed by atoms with Gasteiger partial charge in [-0.2, -0.15) is 0 Å². The maximum atomic E-state index is 12.2. The molecule has 2 heterocycles. The van der Waals surface area contributed by atoms with Crippen LogP contribution in [0.25, 0.3) is 0 Å². The van der Waals surface area contributed by atoms with E-state index in [1.165, 1.54) is 0 Å². The van der Waals surface area contributed by atoms with Gasteiger partial charge in [0.2, 0.25) is 5.88 Å². The van der Waals surface area contributed by atoms with Crippen molar-refractivity contribution in [3.8, 4) is 5.88 Å². The van der Waals surface area contributed by atoms with Gasteiger partial charge in [0.05, 0.1) is 12.3 Å². The van der Waals surface area contributed by atoms with Crippen LogP contribution in [0.5, 0.6) is 5.88 Å². The molecule has 1 aromatic heterocycles. The van der Waals surface area contributed by atoms with E-state index in [-0.39, 0.29) is 6.09 Å². The predicted octanol–water partition coefficient (Wildman–Crippen LogP) is 3.59. The van der Waals surface area contributed by atoms with Crippen molar-refractivity contribution in [2.45, 2.75) is 59.0 Å². The third-order valence-corrected chi connectivity index (χ3v) is 4.00. The summed E-state index contributed by atoms with van der Waals surface area (Å²) in [5.74, 6) is 1.12. The summed E-state index contributed by atoms with van der Waals surface area (Å²) in [5, 5.41) is 0. The van der Waals surface area contributed by atoms with E-state index in [0.717, 1.165) is 44.5 Å². The zero-order chi connectivity index (χ0) is 17.6. The van der Waals surface area contributed by atoms with Gasteiger partial charge in [0.25, 0.3) is 0 Å². The van der Waals surface area contributed by atoms with Gasteiger partial charge < -0.3 is 14.4 Å². The van der Waals surface area contributed by atoms with E-state index in [0.29, 0.717) is 18.4 Å². The Morgan fingerprint density at radius 1 is 1.33 bits per heavy atom. The molecule has 1 aromatic rings. The van der Waals surface area contributed by atoms with E-state index in [2.05, 4.69) is 9.97 Å². The fourth-order valence-electron chi connectivity index (χ4n) is 2.87. The molecule has 0 spiro atoms. The lowest BCUT2D eigenvalue weighted by atomic mass is 9.94. The standard InChI is InChI=1S/C18H29N3O3/c1-14-16(20-10-9-19-14)23-12-6-8-15-7-5-11-21(13-15)17(22)24-18(2,3)4/h9-10,15H,5-8,11-13H2,1-4H3/t15-/m0/s1. The van der Waals surface area contributed by atoms with Crippen LogP contribution in [0.3, 0.4) is 0 Å². The number of aryl methyl sites for hydroxylation is 1. The minimum absolute atomic E-state index is 0.196. The fraction of sp³-hybridized carbons (Fsp3) is 0.722. The van der Waals surface area contributed by atoms with Crippen LogP contribution in [0.4, 0.5) is 4.79 Å². The van der Waals surface area contributed by atoms with E-state index < -0.39 is 5.60 Å². The highest BCUT2D eigenvalue weighted by Gasteiger charge is 2.27. The van der Waals surface area contributed by atoms with Gasteiger partial charge in [0, 0.05) is 25.5 Å². The Morgan fingerprint density at radius 2 is 2.08 bits per heavy atom. The molecule has 0 aromatic carbocycles. The van der Waals surface area contributed by atoms with Gasteiger partial charge in [-0.25, -0.2) is 9.78 Å². The summed E-state index contributed by atoms with van der Waals surface area (Å²) in [6, 6.07) is 0. The highest BCUT2D eigenvalue weighted by atomic mass is 16.6. The number of hydrogen-bond acceptors (Lipinski definition) is 5. The van der Waals surface area contributed by atoms with Gasteiger partial charge in [-0.1, -0.05) is 0 Å². The molecule has 1 aliphatic rings. The van der Waals surface area contributed by atoms with Crippen LogP contribution in [-0.4, -0.2) is 46.3 Å². The van der Waals surface area contributed by atoms with Crippen LogP contribution in [0.15, 0.2) is 12.4 Å². The molecule has 0 aliphatic carbocycles. The van der Waals surface area contributed by atoms with E-state index in [9.17, 15) is 4.79 Å². The van der Waals surface area contributed by atoms with E-state index in [1.807, 2.05) is 32.6 Å². The van der Waals surface area contributed by atoms with Gasteiger partial charge in [0.15, 0.2) is 0 Å². The number of amides is 1. The Kier molecular flexibility index (Phi) is 6.40. The monoisotopic (exact) mass is 335 g/mol. The molecule has 24 heavy (non-hydrogen) atoms. The number of ether oxygens (including phenoxy) is 2. The first-order valence-corrected chi connectivity index (χ1v) is 8.73. The largest absolute Gasteiger partial charge is 0.476 e. The van der Waals surface area contributed by atoms with Gasteiger partial charge >= 0.3 is 6.09 Å². The molecule has 0 unspecified atom stereocenters. The highest BCUT2D eigenvalue weighted by Crippen LogP contribution is 2.23. The van der Waals surface area contributed by atoms with Crippen molar-refractivity contribution in [2.75, 3.05) is 19.7 Å². The summed E-state index contributed by atoms with van der Waals surface area (Å²) in [4.78, 5) is 22.4. The van der Waals surface area contributed by atoms with Crippen LogP contribution < -0.4 is 4.74 Å². The smallest absolute Gasteiger partial charge is 0.410 e. The van der Waals surface area contributed by atoms with Crippen LogP contribution in [0.2, 0.25) is 0 Å². The number of likely N-dealkylation sites (tertiary alicyclic amines) is 1. The first kappa shape index (κ1) is 18.5. The van der Waals surface area contributed by atoms with Gasteiger partial charge in [-0.15, -0.1) is 0 Å². The molecule has 6 nitrogen and oxygen atoms in total. The zero-order valence-corrected chi connectivity index (χ0v) is 15.2. The van der Waals surface area contributed by atoms with Gasteiger partial charge in [0.1, 0.15) is 5.60 Å². The summed E-state index contributed by atoms with van der Waals surface area (Å²) >= 11 is 0. The molecule has 1 amide bonds. The maximum absolute atomic E-state index is 12.2. The van der Waals surface area contributed by atoms with Crippen molar-refractivity contribution in [3.63, 3.8) is 0 Å². The molecule has 1 saturated heterocycles. The molecule has 1 atom stereocenters. The van der Waals surface area contributed by atoms with E-state index in [4.69, 9.17) is 9.47 Å². The molecule has 0 bridgehead atoms. The van der Waals surface area contributed by atoms with Crippen LogP contribution in [0.1, 0.15) is 52.1 Å². The molecular formula is C18H29N3O3. The normalized spacial score (nSPS) is 18.3. The van der Waals surface area contributed by atoms with Crippen molar-refractivity contribution in [2.24, 2.45) is 5.92 Å². The molecule has 0 saturated carbocycles. The second-order valence-corrected chi connectivity index (χ2v) is 7.37. The summed E-state index contributed by atoms with van der Waals surface area (Å²) in [6.07, 6.45) is 7.29. The molecule has 2 rings (SSSR count). The minimum Gasteiger partial charge on any atom is -0.476 e. The van der Waals surface area contributed by atoms with Crippen LogP contribution in [-0.2, 0) is 4.74 Å². The van der Waals surface area contributed by atoms with E-state index in [1.54, 1.807) is 12.4 Å². The Balaban J connectivity index is 1.71. The quantitative estimate of drug-likeness (QED) is 0.769. The van der Waals surface area contributed by atoms with Gasteiger partial charge in [-0.3, -0.25) is 4.98 Å². The number of carbonyl (C=O) groups excluding carboxylic acids is 1. The van der Waals surface area contributed by atoms with E-state index >= 15 is 0 Å². The lowest BCUT2D eigenvalue weighted by Crippen LogP contribution is -2.42. The summed E-state index contributed by atoms with van der Waals surface area (Å²) < 4.78 is 11.2. The second-order valence-electron chi connectivity index (χ2n) is 7.37. The summed E-state index contributed by atoms with van der Waals surface area (Å²) in [6.45, 7) is 9.79. The molecule has 134 valence electrons. The third-order valence-electron chi connectivity index (χ3n) is 4.00. The number of aromatic nitrogens is 2. The number of rotatable bonds is 5. The lowest BCUT2D eigenvalue weighted by Gasteiger charge is -2.34. The number of carbonyl (C=O) groups is 1. The van der Waals surface area contributed by atoms with Crippen molar-refractivity contribution in [1.29, 1.82) is 0 Å². The zero-order valence-electron chi connectivity index (χ0n) is 15.2. The topological polar surface area (TPSA) is 64.6 Å². The lowest BCUT2D eigenvalue weighted by molar-refractivity contribution is 0.0159. The SMILES string of the molecule is Cc1nccnc1OCCC[C@@H]1CCCN(C(=O)OC(C)(C)C)C1. The Labute approximate surface area is 144 Å². The molecule has 1 aliphatic heterocycles. The molecule has 1 fully saturated rings. The number of piperidine rings is 1. The van der Waals surface area contributed by atoms with Crippen molar-refractivity contribution >= 4 is 6.09 Å². The van der Waals surface area contributed by atoms with Crippen molar-refractivity contribution in [3.05, 3.63) is 18.1 Å².